The number of aromatic nitrogens is 1. The Bertz CT molecular complexity index is 496. The molecule has 17 heavy (non-hydrogen) atoms. The molecule has 0 bridgehead atoms. The number of hydrogen-bond donors (Lipinski definition) is 0. The van der Waals surface area contributed by atoms with E-state index in [1.165, 1.54) is 0 Å². The first-order chi connectivity index (χ1) is 7.85. The Morgan fingerprint density at radius 3 is 2.53 bits per heavy atom. The van der Waals surface area contributed by atoms with Crippen LogP contribution in [0.1, 0.15) is 23.7 Å². The monoisotopic (exact) mass is 259 g/mol. The molecule has 1 aromatic heterocycles. The quantitative estimate of drug-likeness (QED) is 0.751. The topological polar surface area (TPSA) is 65.5 Å². The normalized spacial score (nSPS) is 11.5. The Morgan fingerprint density at radius 1 is 1.35 bits per heavy atom. The van der Waals surface area contributed by atoms with Crippen molar-refractivity contribution < 1.29 is 17.3 Å². The Kier molecular flexibility index (Phi) is 4.47. The fourth-order valence-corrected chi connectivity index (χ4v) is 1.76. The van der Waals surface area contributed by atoms with Gasteiger partial charge in [-0.25, -0.2) is 0 Å². The van der Waals surface area contributed by atoms with Gasteiger partial charge in [-0.15, -0.1) is 0 Å². The highest BCUT2D eigenvalue weighted by Gasteiger charge is 2.12. The van der Waals surface area contributed by atoms with Crippen molar-refractivity contribution in [1.82, 2.24) is 4.98 Å². The minimum absolute atomic E-state index is 0.0645. The van der Waals surface area contributed by atoms with Crippen LogP contribution in [0.15, 0.2) is 6.20 Å². The van der Waals surface area contributed by atoms with Gasteiger partial charge in [0.05, 0.1) is 18.6 Å². The lowest BCUT2D eigenvalue weighted by molar-refractivity contribution is 0.301. The zero-order chi connectivity index (χ0) is 13.1. The molecule has 0 aromatic carbocycles. The maximum atomic E-state index is 10.9. The van der Waals surface area contributed by atoms with E-state index in [0.717, 1.165) is 23.1 Å². The Balaban J connectivity index is 2.98. The van der Waals surface area contributed by atoms with Gasteiger partial charge in [0.2, 0.25) is 0 Å². The second-order valence-electron chi connectivity index (χ2n) is 3.74. The number of rotatable bonds is 5. The Labute approximate surface area is 102 Å². The molecule has 0 atom stereocenters. The molecule has 0 amide bonds. The summed E-state index contributed by atoms with van der Waals surface area (Å²) in [5.41, 5.74) is 2.31. The zero-order valence-electron chi connectivity index (χ0n) is 10.5. The van der Waals surface area contributed by atoms with Gasteiger partial charge in [-0.3, -0.25) is 9.17 Å². The van der Waals surface area contributed by atoms with Crippen molar-refractivity contribution in [2.45, 2.75) is 27.4 Å². The fraction of sp³-hybridized carbons (Fsp3) is 0.545. The summed E-state index contributed by atoms with van der Waals surface area (Å²) in [7, 11) is -3.46. The highest BCUT2D eigenvalue weighted by molar-refractivity contribution is 7.85. The maximum absolute atomic E-state index is 10.9. The van der Waals surface area contributed by atoms with Crippen LogP contribution in [0.5, 0.6) is 5.75 Å². The maximum Gasteiger partial charge on any atom is 0.264 e. The molecule has 0 spiro atoms. The van der Waals surface area contributed by atoms with Crippen molar-refractivity contribution in [3.8, 4) is 5.75 Å². The fourth-order valence-electron chi connectivity index (χ4n) is 1.43. The van der Waals surface area contributed by atoms with Crippen LogP contribution in [0, 0.1) is 13.8 Å². The average molecular weight is 259 g/mol. The summed E-state index contributed by atoms with van der Waals surface area (Å²) in [5.74, 6) is 0.745. The number of nitrogens with zero attached hydrogens (tertiary/aromatic N) is 1. The first-order valence-electron chi connectivity index (χ1n) is 5.27. The number of pyridine rings is 1. The van der Waals surface area contributed by atoms with Crippen LogP contribution in [0.2, 0.25) is 0 Å². The molecule has 5 nitrogen and oxygen atoms in total. The molecule has 1 heterocycles. The zero-order valence-corrected chi connectivity index (χ0v) is 11.3. The van der Waals surface area contributed by atoms with Crippen LogP contribution in [0.25, 0.3) is 0 Å². The van der Waals surface area contributed by atoms with Crippen molar-refractivity contribution in [3.05, 3.63) is 23.0 Å². The minimum Gasteiger partial charge on any atom is -0.493 e. The standard InChI is InChI=1S/C11H17NO4S/c1-5-15-11-8(2)6-12-10(9(11)3)7-16-17(4,13)14/h6H,5,7H2,1-4H3. The third-order valence-corrected chi connectivity index (χ3v) is 2.79. The molecule has 0 N–H and O–H groups in total. The molecule has 0 radical (unpaired) electrons. The van der Waals surface area contributed by atoms with Gasteiger partial charge in [-0.1, -0.05) is 0 Å². The molecule has 6 heteroatoms. The van der Waals surface area contributed by atoms with E-state index in [2.05, 4.69) is 4.98 Å². The lowest BCUT2D eigenvalue weighted by atomic mass is 10.1. The predicted molar refractivity (Wildman–Crippen MR) is 64.5 cm³/mol. The highest BCUT2D eigenvalue weighted by atomic mass is 32.2. The summed E-state index contributed by atoms with van der Waals surface area (Å²) < 4.78 is 32.0. The van der Waals surface area contributed by atoms with Crippen LogP contribution in [0.4, 0.5) is 0 Å². The highest BCUT2D eigenvalue weighted by Crippen LogP contribution is 2.25. The lowest BCUT2D eigenvalue weighted by Gasteiger charge is -2.13. The van der Waals surface area contributed by atoms with Crippen molar-refractivity contribution >= 4 is 10.1 Å². The van der Waals surface area contributed by atoms with Gasteiger partial charge in [-0.05, 0) is 20.8 Å². The van der Waals surface area contributed by atoms with Crippen molar-refractivity contribution in [2.75, 3.05) is 12.9 Å². The van der Waals surface area contributed by atoms with Gasteiger partial charge in [0.15, 0.2) is 0 Å². The molecule has 0 aliphatic heterocycles. The largest absolute Gasteiger partial charge is 0.493 e. The van der Waals surface area contributed by atoms with E-state index in [0.29, 0.717) is 12.3 Å². The van der Waals surface area contributed by atoms with Gasteiger partial charge in [0, 0.05) is 17.3 Å². The molecule has 0 aliphatic rings. The van der Waals surface area contributed by atoms with Crippen LogP contribution in [-0.4, -0.2) is 26.3 Å². The van der Waals surface area contributed by atoms with Crippen LogP contribution in [-0.2, 0) is 20.9 Å². The molecular formula is C11H17NO4S. The van der Waals surface area contributed by atoms with E-state index in [-0.39, 0.29) is 6.61 Å². The third-order valence-electron chi connectivity index (χ3n) is 2.24. The Morgan fingerprint density at radius 2 is 2.00 bits per heavy atom. The van der Waals surface area contributed by atoms with E-state index in [9.17, 15) is 8.42 Å². The Hall–Kier alpha value is -1.14. The van der Waals surface area contributed by atoms with Gasteiger partial charge in [-0.2, -0.15) is 8.42 Å². The van der Waals surface area contributed by atoms with Crippen LogP contribution < -0.4 is 4.74 Å². The molecule has 96 valence electrons. The smallest absolute Gasteiger partial charge is 0.264 e. The van der Waals surface area contributed by atoms with Gasteiger partial charge >= 0.3 is 0 Å². The summed E-state index contributed by atoms with van der Waals surface area (Å²) in [6.45, 7) is 6.12. The van der Waals surface area contributed by atoms with Crippen molar-refractivity contribution in [2.24, 2.45) is 0 Å². The van der Waals surface area contributed by atoms with E-state index in [4.69, 9.17) is 8.92 Å². The molecule has 0 saturated carbocycles. The van der Waals surface area contributed by atoms with Crippen LogP contribution in [0.3, 0.4) is 0 Å². The molecular weight excluding hydrogens is 242 g/mol. The molecule has 0 saturated heterocycles. The van der Waals surface area contributed by atoms with E-state index >= 15 is 0 Å². The van der Waals surface area contributed by atoms with Crippen LogP contribution >= 0.6 is 0 Å². The summed E-state index contributed by atoms with van der Waals surface area (Å²) in [6.07, 6.45) is 2.67. The van der Waals surface area contributed by atoms with Crippen molar-refractivity contribution in [3.63, 3.8) is 0 Å². The minimum atomic E-state index is -3.46. The predicted octanol–water partition coefficient (Wildman–Crippen LogP) is 1.57. The van der Waals surface area contributed by atoms with E-state index < -0.39 is 10.1 Å². The molecule has 1 rings (SSSR count). The van der Waals surface area contributed by atoms with Gasteiger partial charge < -0.3 is 4.74 Å². The molecule has 1 aromatic rings. The average Bonchev–Trinajstić information content (AvgIpc) is 2.22. The molecule has 0 fully saturated rings. The lowest BCUT2D eigenvalue weighted by Crippen LogP contribution is -2.07. The second kappa shape index (κ2) is 5.46. The first kappa shape index (κ1) is 13.9. The number of hydrogen-bond acceptors (Lipinski definition) is 5. The van der Waals surface area contributed by atoms with E-state index in [1.54, 1.807) is 6.20 Å². The number of ether oxygens (including phenoxy) is 1. The van der Waals surface area contributed by atoms with Gasteiger partial charge in [0.25, 0.3) is 10.1 Å². The molecule has 0 aliphatic carbocycles. The summed E-state index contributed by atoms with van der Waals surface area (Å²) >= 11 is 0. The molecule has 0 unspecified atom stereocenters. The summed E-state index contributed by atoms with van der Waals surface area (Å²) in [4.78, 5) is 4.15. The summed E-state index contributed by atoms with van der Waals surface area (Å²) in [5, 5.41) is 0. The second-order valence-corrected chi connectivity index (χ2v) is 5.39. The third kappa shape index (κ3) is 3.98. The number of aryl methyl sites for hydroxylation is 1. The summed E-state index contributed by atoms with van der Waals surface area (Å²) in [6, 6.07) is 0. The van der Waals surface area contributed by atoms with E-state index in [1.807, 2.05) is 20.8 Å². The first-order valence-corrected chi connectivity index (χ1v) is 7.09. The SMILES string of the molecule is CCOc1c(C)cnc(COS(C)(=O)=O)c1C. The van der Waals surface area contributed by atoms with Crippen molar-refractivity contribution in [1.29, 1.82) is 0 Å². The van der Waals surface area contributed by atoms with Gasteiger partial charge in [0.1, 0.15) is 12.4 Å².